The molecule has 1 aromatic carbocycles. The average Bonchev–Trinajstić information content (AvgIpc) is 3.35. The van der Waals surface area contributed by atoms with Gasteiger partial charge in [-0.2, -0.15) is 5.10 Å². The van der Waals surface area contributed by atoms with E-state index in [4.69, 9.17) is 4.74 Å². The van der Waals surface area contributed by atoms with Gasteiger partial charge in [-0.15, -0.1) is 11.3 Å². The number of aromatic amines is 1. The van der Waals surface area contributed by atoms with Crippen molar-refractivity contribution >= 4 is 39.2 Å². The van der Waals surface area contributed by atoms with E-state index in [0.29, 0.717) is 33.0 Å². The summed E-state index contributed by atoms with van der Waals surface area (Å²) in [5.74, 6) is 0.660. The summed E-state index contributed by atoms with van der Waals surface area (Å²) in [7, 11) is 1.61. The number of anilines is 1. The van der Waals surface area contributed by atoms with E-state index >= 15 is 0 Å². The molecule has 0 bridgehead atoms. The molecule has 8 nitrogen and oxygen atoms in total. The minimum absolute atomic E-state index is 0.193. The molecule has 0 saturated carbocycles. The summed E-state index contributed by atoms with van der Waals surface area (Å²) in [5.41, 5.74) is 1.44. The van der Waals surface area contributed by atoms with Gasteiger partial charge in [-0.1, -0.05) is 12.1 Å². The lowest BCUT2D eigenvalue weighted by atomic mass is 10.2. The number of amides is 2. The van der Waals surface area contributed by atoms with Crippen LogP contribution in [0.15, 0.2) is 54.9 Å². The van der Waals surface area contributed by atoms with E-state index < -0.39 is 0 Å². The molecule has 4 aromatic rings. The Kier molecular flexibility index (Phi) is 5.21. The molecule has 3 N–H and O–H groups in total. The number of fused-ring (bicyclic) bond motifs is 1. The number of carbonyl (C=O) groups is 2. The van der Waals surface area contributed by atoms with Crippen LogP contribution < -0.4 is 15.4 Å². The molecular formula is C20H17N5O3S. The molecule has 29 heavy (non-hydrogen) atoms. The number of hydrogen-bond donors (Lipinski definition) is 3. The summed E-state index contributed by atoms with van der Waals surface area (Å²) in [4.78, 5) is 30.0. The molecule has 4 rings (SSSR count). The zero-order valence-electron chi connectivity index (χ0n) is 15.4. The maximum atomic E-state index is 12.5. The lowest BCUT2D eigenvalue weighted by Gasteiger charge is -2.05. The van der Waals surface area contributed by atoms with Gasteiger partial charge in [0.2, 0.25) is 0 Å². The number of benzene rings is 1. The largest absolute Gasteiger partial charge is 0.497 e. The molecule has 3 aromatic heterocycles. The monoisotopic (exact) mass is 407 g/mol. The van der Waals surface area contributed by atoms with Gasteiger partial charge in [0.05, 0.1) is 17.4 Å². The zero-order chi connectivity index (χ0) is 20.2. The summed E-state index contributed by atoms with van der Waals surface area (Å²) in [6.07, 6.45) is 3.09. The molecule has 2 amide bonds. The number of ether oxygens (including phenoxy) is 1. The highest BCUT2D eigenvalue weighted by Crippen LogP contribution is 2.29. The molecule has 0 saturated heterocycles. The predicted molar refractivity (Wildman–Crippen MR) is 110 cm³/mol. The Morgan fingerprint density at radius 2 is 1.86 bits per heavy atom. The number of carbonyl (C=O) groups excluding carboxylic acids is 2. The number of H-pyrrole nitrogens is 1. The standard InChI is InChI=1S/C20H17N5O3S/c1-28-14-4-2-12(3-5-14)11-22-19(27)16-10-15-17(24-25-20(15)29-16)23-18(26)13-6-8-21-9-7-13/h2-10H,11H2,1H3,(H,22,27)(H2,23,24,25,26). The first-order chi connectivity index (χ1) is 14.1. The van der Waals surface area contributed by atoms with Gasteiger partial charge in [0.15, 0.2) is 5.82 Å². The lowest BCUT2D eigenvalue weighted by molar-refractivity contribution is 0.0954. The first kappa shape index (κ1) is 18.6. The van der Waals surface area contributed by atoms with Crippen molar-refractivity contribution < 1.29 is 14.3 Å². The summed E-state index contributed by atoms with van der Waals surface area (Å²) in [6, 6.07) is 12.4. The van der Waals surface area contributed by atoms with E-state index in [9.17, 15) is 9.59 Å². The van der Waals surface area contributed by atoms with Gasteiger partial charge in [0.25, 0.3) is 11.8 Å². The molecule has 0 aliphatic carbocycles. The van der Waals surface area contributed by atoms with Crippen molar-refractivity contribution in [2.24, 2.45) is 0 Å². The quantitative estimate of drug-likeness (QED) is 0.455. The summed E-state index contributed by atoms with van der Waals surface area (Å²) >= 11 is 1.28. The van der Waals surface area contributed by atoms with E-state index in [1.807, 2.05) is 24.3 Å². The van der Waals surface area contributed by atoms with Gasteiger partial charge in [-0.25, -0.2) is 0 Å². The second kappa shape index (κ2) is 8.11. The van der Waals surface area contributed by atoms with E-state index in [2.05, 4.69) is 25.8 Å². The average molecular weight is 407 g/mol. The molecule has 0 atom stereocenters. The van der Waals surface area contributed by atoms with Gasteiger partial charge < -0.3 is 15.4 Å². The van der Waals surface area contributed by atoms with E-state index in [1.54, 1.807) is 37.7 Å². The number of rotatable bonds is 6. The topological polar surface area (TPSA) is 109 Å². The second-order valence-corrected chi connectivity index (χ2v) is 7.20. The van der Waals surface area contributed by atoms with E-state index in [1.165, 1.54) is 11.3 Å². The molecule has 3 heterocycles. The van der Waals surface area contributed by atoms with Crippen molar-refractivity contribution in [1.82, 2.24) is 20.5 Å². The number of thiophene rings is 1. The first-order valence-corrected chi connectivity index (χ1v) is 9.56. The number of nitrogens with zero attached hydrogens (tertiary/aromatic N) is 2. The highest BCUT2D eigenvalue weighted by atomic mass is 32.1. The fraction of sp³-hybridized carbons (Fsp3) is 0.100. The maximum Gasteiger partial charge on any atom is 0.261 e. The van der Waals surface area contributed by atoms with Crippen LogP contribution in [0, 0.1) is 0 Å². The Bertz CT molecular complexity index is 1150. The Morgan fingerprint density at radius 1 is 1.10 bits per heavy atom. The first-order valence-electron chi connectivity index (χ1n) is 8.74. The smallest absolute Gasteiger partial charge is 0.261 e. The van der Waals surface area contributed by atoms with Crippen LogP contribution in [0.25, 0.3) is 10.2 Å². The van der Waals surface area contributed by atoms with Gasteiger partial charge in [-0.05, 0) is 35.9 Å². The van der Waals surface area contributed by atoms with Crippen LogP contribution in [-0.2, 0) is 6.54 Å². The van der Waals surface area contributed by atoms with Gasteiger partial charge >= 0.3 is 0 Å². The number of pyridine rings is 1. The van der Waals surface area contributed by atoms with E-state index in [-0.39, 0.29) is 11.8 Å². The van der Waals surface area contributed by atoms with Gasteiger partial charge in [0.1, 0.15) is 10.6 Å². The van der Waals surface area contributed by atoms with Crippen molar-refractivity contribution in [2.45, 2.75) is 6.54 Å². The molecule has 0 aliphatic heterocycles. The molecular weight excluding hydrogens is 390 g/mol. The Balaban J connectivity index is 1.44. The summed E-state index contributed by atoms with van der Waals surface area (Å²) < 4.78 is 5.13. The minimum atomic E-state index is -0.294. The lowest BCUT2D eigenvalue weighted by Crippen LogP contribution is -2.21. The van der Waals surface area contributed by atoms with Crippen molar-refractivity contribution in [1.29, 1.82) is 0 Å². The third-order valence-electron chi connectivity index (χ3n) is 4.27. The Hall–Kier alpha value is -3.72. The molecule has 0 radical (unpaired) electrons. The molecule has 0 spiro atoms. The fourth-order valence-corrected chi connectivity index (χ4v) is 3.64. The number of aromatic nitrogens is 3. The summed E-state index contributed by atoms with van der Waals surface area (Å²) in [6.45, 7) is 0.401. The predicted octanol–water partition coefficient (Wildman–Crippen LogP) is 3.21. The Labute approximate surface area is 169 Å². The van der Waals surface area contributed by atoms with Crippen molar-refractivity contribution in [2.75, 3.05) is 12.4 Å². The minimum Gasteiger partial charge on any atom is -0.497 e. The zero-order valence-corrected chi connectivity index (χ0v) is 16.2. The molecule has 0 fully saturated rings. The van der Waals surface area contributed by atoms with Gasteiger partial charge in [-0.3, -0.25) is 19.7 Å². The second-order valence-electron chi connectivity index (χ2n) is 6.15. The third-order valence-corrected chi connectivity index (χ3v) is 5.31. The normalized spacial score (nSPS) is 10.7. The third kappa shape index (κ3) is 4.09. The van der Waals surface area contributed by atoms with Crippen LogP contribution >= 0.6 is 11.3 Å². The van der Waals surface area contributed by atoms with Crippen molar-refractivity contribution in [3.05, 3.63) is 70.9 Å². The molecule has 146 valence electrons. The van der Waals surface area contributed by atoms with Crippen LogP contribution in [0.3, 0.4) is 0 Å². The highest BCUT2D eigenvalue weighted by molar-refractivity contribution is 7.20. The molecule has 9 heteroatoms. The SMILES string of the molecule is COc1ccc(CNC(=O)c2cc3c(NC(=O)c4ccncc4)n[nH]c3s2)cc1. The highest BCUT2D eigenvalue weighted by Gasteiger charge is 2.17. The van der Waals surface area contributed by atoms with Crippen LogP contribution in [0.4, 0.5) is 5.82 Å². The van der Waals surface area contributed by atoms with Crippen LogP contribution in [0.1, 0.15) is 25.6 Å². The molecule has 0 aliphatic rings. The summed E-state index contributed by atoms with van der Waals surface area (Å²) in [5, 5.41) is 13.3. The van der Waals surface area contributed by atoms with Crippen molar-refractivity contribution in [3.8, 4) is 5.75 Å². The number of methoxy groups -OCH3 is 1. The van der Waals surface area contributed by atoms with Crippen LogP contribution in [-0.4, -0.2) is 34.1 Å². The van der Waals surface area contributed by atoms with Gasteiger partial charge in [0, 0.05) is 24.5 Å². The van der Waals surface area contributed by atoms with E-state index in [0.717, 1.165) is 11.3 Å². The number of hydrogen-bond acceptors (Lipinski definition) is 6. The maximum absolute atomic E-state index is 12.5. The Morgan fingerprint density at radius 3 is 2.59 bits per heavy atom. The van der Waals surface area contributed by atoms with Crippen LogP contribution in [0.5, 0.6) is 5.75 Å². The molecule has 0 unspecified atom stereocenters. The number of nitrogens with one attached hydrogen (secondary N) is 3. The van der Waals surface area contributed by atoms with Crippen molar-refractivity contribution in [3.63, 3.8) is 0 Å². The fourth-order valence-electron chi connectivity index (χ4n) is 2.72. The van der Waals surface area contributed by atoms with Crippen LogP contribution in [0.2, 0.25) is 0 Å².